The highest BCUT2D eigenvalue weighted by Gasteiger charge is 2.23. The topological polar surface area (TPSA) is 226 Å². The van der Waals surface area contributed by atoms with Crippen molar-refractivity contribution in [3.63, 3.8) is 0 Å². The summed E-state index contributed by atoms with van der Waals surface area (Å²) in [6.07, 6.45) is 0.471. The molecule has 3 rings (SSSR count). The molecule has 172 valence electrons. The Hall–Kier alpha value is -4.69. The Morgan fingerprint density at radius 3 is 2.61 bits per heavy atom. The van der Waals surface area contributed by atoms with E-state index in [1.165, 1.54) is 12.3 Å². The van der Waals surface area contributed by atoms with Crippen molar-refractivity contribution in [1.29, 1.82) is 0 Å². The van der Waals surface area contributed by atoms with Crippen LogP contribution in [0.4, 0.5) is 16.2 Å². The van der Waals surface area contributed by atoms with Gasteiger partial charge in [-0.05, 0) is 18.6 Å². The SMILES string of the molecule is Nc1nc2ncc(CNc3ccc(C(=O)N[C@@H](CCC(=O)O)C(=O)O)c([19F])n3)nc2c(=O)[nH]1. The third-order valence-corrected chi connectivity index (χ3v) is 4.28. The van der Waals surface area contributed by atoms with E-state index in [4.69, 9.17) is 15.9 Å². The first kappa shape index (κ1) is 23.0. The second kappa shape index (κ2) is 9.63. The van der Waals surface area contributed by atoms with E-state index in [1.807, 2.05) is 0 Å². The summed E-state index contributed by atoms with van der Waals surface area (Å²) in [6, 6.07) is 0.846. The Morgan fingerprint density at radius 2 is 1.94 bits per heavy atom. The van der Waals surface area contributed by atoms with Gasteiger partial charge in [-0.2, -0.15) is 9.37 Å². The lowest BCUT2D eigenvalue weighted by atomic mass is 10.1. The fourth-order valence-corrected chi connectivity index (χ4v) is 2.70. The van der Waals surface area contributed by atoms with Gasteiger partial charge in [-0.25, -0.2) is 19.7 Å². The number of fused-ring (bicyclic) bond motifs is 1. The molecule has 0 saturated heterocycles. The van der Waals surface area contributed by atoms with Crippen LogP contribution in [0, 0.1) is 5.95 Å². The summed E-state index contributed by atoms with van der Waals surface area (Å²) < 4.78 is 14.3. The van der Waals surface area contributed by atoms with Crippen molar-refractivity contribution in [2.45, 2.75) is 25.4 Å². The highest BCUT2D eigenvalue weighted by molar-refractivity contribution is 5.96. The molecule has 0 aliphatic carbocycles. The van der Waals surface area contributed by atoms with Crippen molar-refractivity contribution < 1.29 is 29.0 Å². The average Bonchev–Trinajstić information content (AvgIpc) is 2.74. The quantitative estimate of drug-likeness (QED) is 0.222. The minimum Gasteiger partial charge on any atom is -0.481 e. The zero-order valence-corrected chi connectivity index (χ0v) is 16.7. The molecule has 0 aliphatic rings. The monoisotopic (exact) mass is 460 g/mol. The van der Waals surface area contributed by atoms with Crippen LogP contribution >= 0.6 is 0 Å². The van der Waals surface area contributed by atoms with Gasteiger partial charge >= 0.3 is 11.9 Å². The van der Waals surface area contributed by atoms with Crippen molar-refractivity contribution in [3.8, 4) is 0 Å². The number of nitrogens with two attached hydrogens (primary N) is 1. The third-order valence-electron chi connectivity index (χ3n) is 4.28. The number of amides is 1. The molecule has 0 aromatic carbocycles. The number of anilines is 2. The maximum Gasteiger partial charge on any atom is 0.326 e. The number of aromatic nitrogens is 5. The number of halogens is 1. The Kier molecular flexibility index (Phi) is 6.71. The molecule has 15 heteroatoms. The Labute approximate surface area is 183 Å². The summed E-state index contributed by atoms with van der Waals surface area (Å²) in [7, 11) is 0. The van der Waals surface area contributed by atoms with E-state index in [-0.39, 0.29) is 35.9 Å². The largest absolute Gasteiger partial charge is 0.481 e. The molecule has 14 nitrogen and oxygen atoms in total. The van der Waals surface area contributed by atoms with Crippen molar-refractivity contribution in [3.05, 3.63) is 45.9 Å². The first-order valence-corrected chi connectivity index (χ1v) is 9.31. The molecule has 0 bridgehead atoms. The number of hydrogen-bond acceptors (Lipinski definition) is 10. The number of carbonyl (C=O) groups excluding carboxylic acids is 1. The Morgan fingerprint density at radius 1 is 1.18 bits per heavy atom. The molecule has 33 heavy (non-hydrogen) atoms. The van der Waals surface area contributed by atoms with Gasteiger partial charge in [0.2, 0.25) is 11.9 Å². The van der Waals surface area contributed by atoms with E-state index in [2.05, 4.69) is 35.6 Å². The number of H-pyrrole nitrogens is 1. The number of hydrogen-bond donors (Lipinski definition) is 6. The molecule has 3 aromatic heterocycles. The minimum absolute atomic E-state index is 0.00101. The van der Waals surface area contributed by atoms with Crippen LogP contribution < -0.4 is 21.9 Å². The van der Waals surface area contributed by atoms with Crippen LogP contribution in [0.3, 0.4) is 0 Å². The second-order valence-electron chi connectivity index (χ2n) is 6.67. The summed E-state index contributed by atoms with van der Waals surface area (Å²) in [4.78, 5) is 63.8. The maximum atomic E-state index is 14.3. The first-order chi connectivity index (χ1) is 15.6. The normalized spacial score (nSPS) is 11.7. The molecule has 0 unspecified atom stereocenters. The molecule has 0 radical (unpaired) electrons. The number of rotatable bonds is 9. The van der Waals surface area contributed by atoms with Crippen LogP contribution in [0.15, 0.2) is 23.1 Å². The lowest BCUT2D eigenvalue weighted by molar-refractivity contribution is -0.140. The van der Waals surface area contributed by atoms with Gasteiger partial charge in [-0.1, -0.05) is 0 Å². The van der Waals surface area contributed by atoms with Gasteiger partial charge in [0.1, 0.15) is 11.9 Å². The lowest BCUT2D eigenvalue weighted by Gasteiger charge is -2.14. The first-order valence-electron chi connectivity index (χ1n) is 9.31. The van der Waals surface area contributed by atoms with Gasteiger partial charge in [0.15, 0.2) is 11.2 Å². The summed E-state index contributed by atoms with van der Waals surface area (Å²) in [5.41, 5.74) is 4.67. The Bertz CT molecular complexity index is 1300. The average molecular weight is 460 g/mol. The summed E-state index contributed by atoms with van der Waals surface area (Å²) in [6.45, 7) is 0.00101. The summed E-state index contributed by atoms with van der Waals surface area (Å²) in [5.74, 6) is -5.01. The van der Waals surface area contributed by atoms with E-state index >= 15 is 0 Å². The third kappa shape index (κ3) is 5.72. The molecule has 3 aromatic rings. The van der Waals surface area contributed by atoms with E-state index in [0.717, 1.165) is 6.07 Å². The number of carboxylic acids is 2. The van der Waals surface area contributed by atoms with E-state index in [9.17, 15) is 23.6 Å². The maximum absolute atomic E-state index is 14.3. The number of aliphatic carboxylic acids is 2. The van der Waals surface area contributed by atoms with Crippen LogP contribution in [0.2, 0.25) is 0 Å². The zero-order valence-electron chi connectivity index (χ0n) is 16.7. The predicted molar refractivity (Wildman–Crippen MR) is 110 cm³/mol. The van der Waals surface area contributed by atoms with Crippen LogP contribution in [-0.2, 0) is 16.1 Å². The number of nitrogens with one attached hydrogen (secondary N) is 3. The molecule has 1 amide bonds. The summed E-state index contributed by atoms with van der Waals surface area (Å²) >= 11 is 0. The van der Waals surface area contributed by atoms with Gasteiger partial charge in [0.25, 0.3) is 11.5 Å². The van der Waals surface area contributed by atoms with Crippen molar-refractivity contribution in [2.24, 2.45) is 0 Å². The molecule has 0 spiro atoms. The fourth-order valence-electron chi connectivity index (χ4n) is 2.70. The molecular formula is C18H17FN8O6. The van der Waals surface area contributed by atoms with Gasteiger partial charge in [-0.3, -0.25) is 19.4 Å². The molecule has 0 fully saturated rings. The minimum atomic E-state index is -1.51. The molecule has 0 saturated carbocycles. The van der Waals surface area contributed by atoms with Crippen LogP contribution in [0.25, 0.3) is 11.2 Å². The van der Waals surface area contributed by atoms with Crippen molar-refractivity contribution in [2.75, 3.05) is 11.1 Å². The van der Waals surface area contributed by atoms with E-state index < -0.39 is 47.4 Å². The second-order valence-corrected chi connectivity index (χ2v) is 6.67. The predicted octanol–water partition coefficient (Wildman–Crippen LogP) is -0.511. The van der Waals surface area contributed by atoms with E-state index in [0.29, 0.717) is 5.69 Å². The molecule has 3 heterocycles. The van der Waals surface area contributed by atoms with Gasteiger partial charge in [-0.15, -0.1) is 0 Å². The van der Waals surface area contributed by atoms with Gasteiger partial charge < -0.3 is 26.6 Å². The zero-order chi connectivity index (χ0) is 24.1. The molecule has 1 atom stereocenters. The highest BCUT2D eigenvalue weighted by Crippen LogP contribution is 2.12. The molecular weight excluding hydrogens is 443 g/mol. The van der Waals surface area contributed by atoms with Crippen molar-refractivity contribution in [1.82, 2.24) is 30.2 Å². The number of carboxylic acid groups (broad SMARTS) is 2. The number of aromatic amines is 1. The van der Waals surface area contributed by atoms with E-state index in [1.54, 1.807) is 0 Å². The smallest absolute Gasteiger partial charge is 0.326 e. The number of pyridine rings is 1. The van der Waals surface area contributed by atoms with Crippen LogP contribution in [0.1, 0.15) is 28.9 Å². The van der Waals surface area contributed by atoms with Gasteiger partial charge in [0.05, 0.1) is 24.0 Å². The highest BCUT2D eigenvalue weighted by atomic mass is 19.1. The Balaban J connectivity index is 1.68. The number of nitrogen functional groups attached to an aromatic ring is 1. The lowest BCUT2D eigenvalue weighted by Crippen LogP contribution is -2.41. The van der Waals surface area contributed by atoms with Crippen molar-refractivity contribution >= 4 is 40.8 Å². The molecule has 7 N–H and O–H groups in total. The van der Waals surface area contributed by atoms with Gasteiger partial charge in [0, 0.05) is 6.42 Å². The number of nitrogens with zero attached hydrogens (tertiary/aromatic N) is 4. The fraction of sp³-hybridized carbons (Fsp3) is 0.222. The van der Waals surface area contributed by atoms with Crippen LogP contribution in [-0.4, -0.2) is 59.0 Å². The standard InChI is InChI=1S/C18H17FN8O6/c19-13-8(15(30)24-9(17(32)33)2-4-11(28)29)1-3-10(25-13)21-5-7-6-22-14-12(23-7)16(31)27-18(20)26-14/h1,3,6,9H,2,4-5H2,(H,21,25)(H,24,30)(H,28,29)(H,32,33)(H3,20,22,26,27,31)/t9-/m0/s1/i19+0. The number of carbonyl (C=O) groups is 3. The summed E-state index contributed by atoms with van der Waals surface area (Å²) in [5, 5.41) is 22.6. The molecule has 0 aliphatic heterocycles. The van der Waals surface area contributed by atoms with Crippen LogP contribution in [0.5, 0.6) is 0 Å².